The van der Waals surface area contributed by atoms with Gasteiger partial charge in [0.25, 0.3) is 5.91 Å². The van der Waals surface area contributed by atoms with Gasteiger partial charge in [0.1, 0.15) is 0 Å². The molecule has 0 aromatic heterocycles. The van der Waals surface area contributed by atoms with Crippen LogP contribution in [0.5, 0.6) is 0 Å². The summed E-state index contributed by atoms with van der Waals surface area (Å²) >= 11 is 0. The van der Waals surface area contributed by atoms with Gasteiger partial charge in [-0.2, -0.15) is 4.31 Å². The van der Waals surface area contributed by atoms with Crippen LogP contribution in [0, 0.1) is 5.92 Å². The van der Waals surface area contributed by atoms with Crippen LogP contribution < -0.4 is 5.32 Å². The van der Waals surface area contributed by atoms with Crippen molar-refractivity contribution in [2.24, 2.45) is 5.92 Å². The zero-order valence-electron chi connectivity index (χ0n) is 16.2. The Balaban J connectivity index is 1.70. The Morgan fingerprint density at radius 1 is 1.15 bits per heavy atom. The van der Waals surface area contributed by atoms with Gasteiger partial charge in [-0.05, 0) is 64.0 Å². The molecule has 1 N–H and O–H groups in total. The highest BCUT2D eigenvalue weighted by molar-refractivity contribution is 7.89. The van der Waals surface area contributed by atoms with E-state index in [9.17, 15) is 13.2 Å². The van der Waals surface area contributed by atoms with Crippen LogP contribution in [0.15, 0.2) is 29.2 Å². The van der Waals surface area contributed by atoms with Crippen molar-refractivity contribution in [1.29, 1.82) is 0 Å². The first-order valence-corrected chi connectivity index (χ1v) is 10.9. The van der Waals surface area contributed by atoms with E-state index in [1.165, 1.54) is 16.4 Å². The highest BCUT2D eigenvalue weighted by Crippen LogP contribution is 2.23. The quantitative estimate of drug-likeness (QED) is 0.810. The minimum Gasteiger partial charge on any atom is -0.373 e. The number of carbonyl (C=O) groups is 1. The first-order valence-electron chi connectivity index (χ1n) is 9.50. The van der Waals surface area contributed by atoms with Gasteiger partial charge in [-0.25, -0.2) is 8.42 Å². The summed E-state index contributed by atoms with van der Waals surface area (Å²) < 4.78 is 32.9. The Bertz CT molecular complexity index is 756. The average molecular weight is 396 g/mol. The fourth-order valence-electron chi connectivity index (χ4n) is 3.90. The fraction of sp³-hybridized carbons (Fsp3) is 0.632. The summed E-state index contributed by atoms with van der Waals surface area (Å²) in [6, 6.07) is 6.31. The second-order valence-electron chi connectivity index (χ2n) is 7.57. The number of hydrogen-bond acceptors (Lipinski definition) is 5. The summed E-state index contributed by atoms with van der Waals surface area (Å²) in [4.78, 5) is 14.7. The SMILES string of the molecule is CNCC1CCN(C(=O)c2ccc(S(=O)(=O)N3CC(C)OC(C)C3)cc2)C1. The number of nitrogens with zero attached hydrogens (tertiary/aromatic N) is 2. The number of ether oxygens (including phenoxy) is 1. The molecule has 3 rings (SSSR count). The maximum Gasteiger partial charge on any atom is 0.253 e. The molecular weight excluding hydrogens is 366 g/mol. The summed E-state index contributed by atoms with van der Waals surface area (Å²) in [5.41, 5.74) is 0.530. The number of likely N-dealkylation sites (tertiary alicyclic amines) is 1. The Kier molecular flexibility index (Phi) is 6.20. The van der Waals surface area contributed by atoms with Crippen molar-refractivity contribution in [1.82, 2.24) is 14.5 Å². The lowest BCUT2D eigenvalue weighted by molar-refractivity contribution is -0.0440. The molecule has 1 amide bonds. The molecule has 0 bridgehead atoms. The van der Waals surface area contributed by atoms with E-state index < -0.39 is 10.0 Å². The molecule has 7 nitrogen and oxygen atoms in total. The number of rotatable bonds is 5. The molecule has 0 aliphatic carbocycles. The Morgan fingerprint density at radius 3 is 2.37 bits per heavy atom. The zero-order chi connectivity index (χ0) is 19.6. The molecular formula is C19H29N3O4S. The zero-order valence-corrected chi connectivity index (χ0v) is 17.0. The number of nitrogens with one attached hydrogen (secondary N) is 1. The molecule has 2 heterocycles. The molecule has 1 aromatic carbocycles. The van der Waals surface area contributed by atoms with Crippen molar-refractivity contribution >= 4 is 15.9 Å². The Morgan fingerprint density at radius 2 is 1.78 bits per heavy atom. The number of hydrogen-bond donors (Lipinski definition) is 1. The Hall–Kier alpha value is -1.48. The van der Waals surface area contributed by atoms with E-state index in [0.717, 1.165) is 26.1 Å². The van der Waals surface area contributed by atoms with Crippen LogP contribution in [0.4, 0.5) is 0 Å². The van der Waals surface area contributed by atoms with E-state index in [2.05, 4.69) is 5.32 Å². The predicted octanol–water partition coefficient (Wildman–Crippen LogP) is 1.17. The van der Waals surface area contributed by atoms with Crippen molar-refractivity contribution in [2.75, 3.05) is 39.8 Å². The third-order valence-electron chi connectivity index (χ3n) is 5.19. The van der Waals surface area contributed by atoms with Crippen LogP contribution in [0.25, 0.3) is 0 Å². The minimum atomic E-state index is -3.59. The molecule has 0 spiro atoms. The molecule has 3 atom stereocenters. The molecule has 8 heteroatoms. The molecule has 2 aliphatic heterocycles. The number of amides is 1. The van der Waals surface area contributed by atoms with Crippen LogP contribution in [-0.2, 0) is 14.8 Å². The van der Waals surface area contributed by atoms with E-state index in [1.54, 1.807) is 12.1 Å². The molecule has 1 aromatic rings. The fourth-order valence-corrected chi connectivity index (χ4v) is 5.49. The summed E-state index contributed by atoms with van der Waals surface area (Å²) in [5, 5.41) is 3.15. The predicted molar refractivity (Wildman–Crippen MR) is 103 cm³/mol. The maximum absolute atomic E-state index is 12.9. The smallest absolute Gasteiger partial charge is 0.253 e. The van der Waals surface area contributed by atoms with Crippen molar-refractivity contribution in [3.63, 3.8) is 0 Å². The first kappa shape index (κ1) is 20.3. The van der Waals surface area contributed by atoms with Crippen LogP contribution in [0.2, 0.25) is 0 Å². The van der Waals surface area contributed by atoms with Gasteiger partial charge in [0.2, 0.25) is 10.0 Å². The monoisotopic (exact) mass is 395 g/mol. The highest BCUT2D eigenvalue weighted by atomic mass is 32.2. The number of sulfonamides is 1. The molecule has 3 unspecified atom stereocenters. The molecule has 150 valence electrons. The van der Waals surface area contributed by atoms with Gasteiger partial charge in [-0.3, -0.25) is 4.79 Å². The van der Waals surface area contributed by atoms with Crippen LogP contribution in [0.3, 0.4) is 0 Å². The minimum absolute atomic E-state index is 0.0360. The van der Waals surface area contributed by atoms with Gasteiger partial charge < -0.3 is 15.0 Å². The van der Waals surface area contributed by atoms with Crippen molar-refractivity contribution in [2.45, 2.75) is 37.4 Å². The Labute approximate surface area is 161 Å². The highest BCUT2D eigenvalue weighted by Gasteiger charge is 2.32. The molecule has 2 saturated heterocycles. The maximum atomic E-state index is 12.9. The van der Waals surface area contributed by atoms with E-state index in [1.807, 2.05) is 25.8 Å². The second-order valence-corrected chi connectivity index (χ2v) is 9.51. The van der Waals surface area contributed by atoms with E-state index in [4.69, 9.17) is 4.74 Å². The lowest BCUT2D eigenvalue weighted by Crippen LogP contribution is -2.48. The van der Waals surface area contributed by atoms with Gasteiger partial charge in [0.15, 0.2) is 0 Å². The molecule has 0 radical (unpaired) electrons. The van der Waals surface area contributed by atoms with Crippen LogP contribution >= 0.6 is 0 Å². The van der Waals surface area contributed by atoms with Gasteiger partial charge in [0, 0.05) is 31.7 Å². The lowest BCUT2D eigenvalue weighted by Gasteiger charge is -2.34. The van der Waals surface area contributed by atoms with Crippen LogP contribution in [-0.4, -0.2) is 75.5 Å². The van der Waals surface area contributed by atoms with Gasteiger partial charge in [0.05, 0.1) is 17.1 Å². The first-order chi connectivity index (χ1) is 12.8. The number of carbonyl (C=O) groups excluding carboxylic acids is 1. The molecule has 2 fully saturated rings. The van der Waals surface area contributed by atoms with E-state index in [-0.39, 0.29) is 23.0 Å². The van der Waals surface area contributed by atoms with Gasteiger partial charge in [-0.15, -0.1) is 0 Å². The van der Waals surface area contributed by atoms with E-state index in [0.29, 0.717) is 24.6 Å². The van der Waals surface area contributed by atoms with Gasteiger partial charge >= 0.3 is 0 Å². The molecule has 2 aliphatic rings. The molecule has 27 heavy (non-hydrogen) atoms. The summed E-state index contributed by atoms with van der Waals surface area (Å²) in [7, 11) is -1.67. The van der Waals surface area contributed by atoms with Gasteiger partial charge in [-0.1, -0.05) is 0 Å². The number of benzene rings is 1. The van der Waals surface area contributed by atoms with E-state index >= 15 is 0 Å². The summed E-state index contributed by atoms with van der Waals surface area (Å²) in [5.74, 6) is 0.440. The second kappa shape index (κ2) is 8.26. The lowest BCUT2D eigenvalue weighted by atomic mass is 10.1. The largest absolute Gasteiger partial charge is 0.373 e. The topological polar surface area (TPSA) is 79.0 Å². The van der Waals surface area contributed by atoms with Crippen molar-refractivity contribution in [3.05, 3.63) is 29.8 Å². The standard InChI is InChI=1S/C19H29N3O4S/c1-14-11-22(12-15(2)26-14)27(24,25)18-6-4-17(5-7-18)19(23)21-9-8-16(13-21)10-20-3/h4-7,14-16,20H,8-13H2,1-3H3. The number of morpholine rings is 1. The summed E-state index contributed by atoms with van der Waals surface area (Å²) in [6.45, 7) is 6.81. The van der Waals surface area contributed by atoms with Crippen molar-refractivity contribution < 1.29 is 17.9 Å². The molecule has 0 saturated carbocycles. The normalized spacial score (nSPS) is 27.1. The third kappa shape index (κ3) is 4.51. The average Bonchev–Trinajstić information content (AvgIpc) is 3.09. The van der Waals surface area contributed by atoms with Crippen LogP contribution in [0.1, 0.15) is 30.6 Å². The third-order valence-corrected chi connectivity index (χ3v) is 7.04. The van der Waals surface area contributed by atoms with Crippen molar-refractivity contribution in [3.8, 4) is 0 Å². The summed E-state index contributed by atoms with van der Waals surface area (Å²) in [6.07, 6.45) is 0.724.